The van der Waals surface area contributed by atoms with Gasteiger partial charge in [0.05, 0.1) is 12.1 Å². The van der Waals surface area contributed by atoms with Crippen molar-refractivity contribution in [2.45, 2.75) is 18.2 Å². The van der Waals surface area contributed by atoms with E-state index in [9.17, 15) is 9.59 Å². The summed E-state index contributed by atoms with van der Waals surface area (Å²) in [7, 11) is 0. The van der Waals surface area contributed by atoms with Gasteiger partial charge in [0.2, 0.25) is 5.91 Å². The van der Waals surface area contributed by atoms with E-state index in [1.807, 2.05) is 67.8 Å². The Labute approximate surface area is 163 Å². The van der Waals surface area contributed by atoms with E-state index in [-0.39, 0.29) is 18.1 Å². The van der Waals surface area contributed by atoms with Gasteiger partial charge in [-0.1, -0.05) is 54.1 Å². The molecule has 0 spiro atoms. The van der Waals surface area contributed by atoms with Crippen LogP contribution in [0.4, 0.5) is 5.69 Å². The van der Waals surface area contributed by atoms with Gasteiger partial charge in [0, 0.05) is 16.0 Å². The average molecular weight is 375 g/mol. The summed E-state index contributed by atoms with van der Waals surface area (Å²) < 4.78 is 0. The van der Waals surface area contributed by atoms with Crippen LogP contribution in [-0.2, 0) is 11.2 Å². The summed E-state index contributed by atoms with van der Waals surface area (Å²) in [5.74, 6) is -0.239. The molecule has 0 atom stereocenters. The molecule has 0 aliphatic carbocycles. The van der Waals surface area contributed by atoms with E-state index in [0.717, 1.165) is 16.0 Å². The zero-order valence-corrected chi connectivity index (χ0v) is 16.2. The summed E-state index contributed by atoms with van der Waals surface area (Å²) in [6.07, 6.45) is 2.28. The summed E-state index contributed by atoms with van der Waals surface area (Å²) in [4.78, 5) is 26.5. The number of carbonyl (C=O) groups is 2. The van der Waals surface area contributed by atoms with Crippen molar-refractivity contribution in [3.63, 3.8) is 0 Å². The second-order valence-electron chi connectivity index (χ2n) is 6.32. The standard InChI is InChI=1S/C23H21NO2S/c1-16-8-13-21(20(14-16)23(26)18-6-4-3-5-7-18)24-22(25)15-17-9-11-19(27-2)12-10-17/h3-14H,15H2,1-2H3,(H,24,25). The number of hydrogen-bond donors (Lipinski definition) is 1. The first-order valence-electron chi connectivity index (χ1n) is 8.70. The Bertz CT molecular complexity index is 950. The van der Waals surface area contributed by atoms with E-state index in [2.05, 4.69) is 5.32 Å². The highest BCUT2D eigenvalue weighted by atomic mass is 32.2. The Balaban J connectivity index is 1.80. The van der Waals surface area contributed by atoms with Crippen molar-refractivity contribution in [2.75, 3.05) is 11.6 Å². The fraction of sp³-hybridized carbons (Fsp3) is 0.130. The third-order valence-electron chi connectivity index (χ3n) is 4.25. The third kappa shape index (κ3) is 4.86. The zero-order chi connectivity index (χ0) is 19.2. The molecule has 3 nitrogen and oxygen atoms in total. The number of nitrogens with one attached hydrogen (secondary N) is 1. The van der Waals surface area contributed by atoms with E-state index in [4.69, 9.17) is 0 Å². The Morgan fingerprint density at radius 1 is 0.926 bits per heavy atom. The van der Waals surface area contributed by atoms with Crippen LogP contribution in [0.5, 0.6) is 0 Å². The molecule has 4 heteroatoms. The van der Waals surface area contributed by atoms with Gasteiger partial charge in [-0.05, 0) is 43.0 Å². The van der Waals surface area contributed by atoms with Crippen molar-refractivity contribution in [1.29, 1.82) is 0 Å². The summed E-state index contributed by atoms with van der Waals surface area (Å²) in [6.45, 7) is 1.93. The van der Waals surface area contributed by atoms with Crippen LogP contribution in [0.3, 0.4) is 0 Å². The highest BCUT2D eigenvalue weighted by molar-refractivity contribution is 7.98. The van der Waals surface area contributed by atoms with Crippen LogP contribution >= 0.6 is 11.8 Å². The smallest absolute Gasteiger partial charge is 0.228 e. The first-order chi connectivity index (χ1) is 13.1. The van der Waals surface area contributed by atoms with Gasteiger partial charge in [0.1, 0.15) is 0 Å². The predicted molar refractivity (Wildman–Crippen MR) is 112 cm³/mol. The maximum absolute atomic E-state index is 12.9. The van der Waals surface area contributed by atoms with Crippen molar-refractivity contribution in [1.82, 2.24) is 0 Å². The molecule has 0 fully saturated rings. The molecular weight excluding hydrogens is 354 g/mol. The van der Waals surface area contributed by atoms with Gasteiger partial charge in [-0.3, -0.25) is 9.59 Å². The molecule has 0 radical (unpaired) electrons. The molecule has 0 aromatic heterocycles. The van der Waals surface area contributed by atoms with Crippen LogP contribution in [0.1, 0.15) is 27.0 Å². The first kappa shape index (κ1) is 18.9. The van der Waals surface area contributed by atoms with E-state index in [0.29, 0.717) is 16.8 Å². The third-order valence-corrected chi connectivity index (χ3v) is 5.00. The summed E-state index contributed by atoms with van der Waals surface area (Å²) in [5, 5.41) is 2.90. The molecule has 0 saturated carbocycles. The fourth-order valence-electron chi connectivity index (χ4n) is 2.82. The molecule has 0 aliphatic rings. The number of ketones is 1. The SMILES string of the molecule is CSc1ccc(CC(=O)Nc2ccc(C)cc2C(=O)c2ccccc2)cc1. The van der Waals surface area contributed by atoms with Crippen molar-refractivity contribution in [3.05, 3.63) is 95.1 Å². The van der Waals surface area contributed by atoms with Crippen molar-refractivity contribution < 1.29 is 9.59 Å². The lowest BCUT2D eigenvalue weighted by atomic mass is 9.99. The Morgan fingerprint density at radius 2 is 1.63 bits per heavy atom. The summed E-state index contributed by atoms with van der Waals surface area (Å²) in [6, 6.07) is 22.5. The zero-order valence-electron chi connectivity index (χ0n) is 15.4. The van der Waals surface area contributed by atoms with Gasteiger partial charge in [-0.2, -0.15) is 0 Å². The highest BCUT2D eigenvalue weighted by Gasteiger charge is 2.15. The van der Waals surface area contributed by atoms with Crippen molar-refractivity contribution in [3.8, 4) is 0 Å². The molecule has 27 heavy (non-hydrogen) atoms. The minimum atomic E-state index is -0.141. The number of anilines is 1. The van der Waals surface area contributed by atoms with Crippen LogP contribution in [0, 0.1) is 6.92 Å². The number of carbonyl (C=O) groups excluding carboxylic acids is 2. The second-order valence-corrected chi connectivity index (χ2v) is 7.20. The molecule has 136 valence electrons. The van der Waals surface area contributed by atoms with Gasteiger partial charge < -0.3 is 5.32 Å². The number of aryl methyl sites for hydroxylation is 1. The largest absolute Gasteiger partial charge is 0.325 e. The topological polar surface area (TPSA) is 46.2 Å². The van der Waals surface area contributed by atoms with Gasteiger partial charge in [0.25, 0.3) is 0 Å². The molecular formula is C23H21NO2S. The normalized spacial score (nSPS) is 10.4. The second kappa shape index (κ2) is 8.69. The van der Waals surface area contributed by atoms with Crippen molar-refractivity contribution in [2.24, 2.45) is 0 Å². The fourth-order valence-corrected chi connectivity index (χ4v) is 3.23. The monoisotopic (exact) mass is 375 g/mol. The Kier molecular flexibility index (Phi) is 6.09. The molecule has 3 aromatic carbocycles. The number of rotatable bonds is 6. The quantitative estimate of drug-likeness (QED) is 0.480. The lowest BCUT2D eigenvalue weighted by Crippen LogP contribution is -2.17. The van der Waals surface area contributed by atoms with Crippen LogP contribution in [-0.4, -0.2) is 17.9 Å². The summed E-state index contributed by atoms with van der Waals surface area (Å²) >= 11 is 1.67. The highest BCUT2D eigenvalue weighted by Crippen LogP contribution is 2.22. The molecule has 0 bridgehead atoms. The minimum absolute atomic E-state index is 0.0982. The molecule has 0 saturated heterocycles. The van der Waals surface area contributed by atoms with Gasteiger partial charge in [-0.25, -0.2) is 0 Å². The predicted octanol–water partition coefficient (Wildman–Crippen LogP) is 5.13. The molecule has 3 rings (SSSR count). The van der Waals surface area contributed by atoms with E-state index in [1.165, 1.54) is 0 Å². The molecule has 0 aliphatic heterocycles. The molecule has 3 aromatic rings. The van der Waals surface area contributed by atoms with Crippen LogP contribution in [0.15, 0.2) is 77.7 Å². The Hall–Kier alpha value is -2.85. The maximum Gasteiger partial charge on any atom is 0.228 e. The number of benzene rings is 3. The summed E-state index contributed by atoms with van der Waals surface area (Å²) in [5.41, 5.74) is 3.56. The number of hydrogen-bond acceptors (Lipinski definition) is 3. The van der Waals surface area contributed by atoms with E-state index in [1.54, 1.807) is 30.0 Å². The molecule has 1 N–H and O–H groups in total. The molecule has 0 heterocycles. The number of thioether (sulfide) groups is 1. The van der Waals surface area contributed by atoms with E-state index >= 15 is 0 Å². The van der Waals surface area contributed by atoms with E-state index < -0.39 is 0 Å². The van der Waals surface area contributed by atoms with Crippen molar-refractivity contribution >= 4 is 29.1 Å². The number of amides is 1. The van der Waals surface area contributed by atoms with Crippen LogP contribution in [0.25, 0.3) is 0 Å². The van der Waals surface area contributed by atoms with Crippen LogP contribution in [0.2, 0.25) is 0 Å². The van der Waals surface area contributed by atoms with Gasteiger partial charge in [-0.15, -0.1) is 11.8 Å². The van der Waals surface area contributed by atoms with Gasteiger partial charge >= 0.3 is 0 Å². The lowest BCUT2D eigenvalue weighted by molar-refractivity contribution is -0.115. The molecule has 0 unspecified atom stereocenters. The minimum Gasteiger partial charge on any atom is -0.325 e. The maximum atomic E-state index is 12.9. The van der Waals surface area contributed by atoms with Gasteiger partial charge in [0.15, 0.2) is 5.78 Å². The average Bonchev–Trinajstić information content (AvgIpc) is 2.70. The molecule has 1 amide bonds. The van der Waals surface area contributed by atoms with Crippen LogP contribution < -0.4 is 5.32 Å². The lowest BCUT2D eigenvalue weighted by Gasteiger charge is -2.12. The Morgan fingerprint density at radius 3 is 2.30 bits per heavy atom. The first-order valence-corrected chi connectivity index (χ1v) is 9.92.